The van der Waals surface area contributed by atoms with Crippen molar-refractivity contribution in [1.82, 2.24) is 0 Å². The molecule has 0 radical (unpaired) electrons. The van der Waals surface area contributed by atoms with Gasteiger partial charge in [0.1, 0.15) is 18.3 Å². The zero-order chi connectivity index (χ0) is 16.3. The van der Waals surface area contributed by atoms with Crippen molar-refractivity contribution in [2.45, 2.75) is 56.2 Å². The summed E-state index contributed by atoms with van der Waals surface area (Å²) < 4.78 is 78.1. The number of hydrogen-bond acceptors (Lipinski definition) is 7. The fourth-order valence-corrected chi connectivity index (χ4v) is 2.71. The van der Waals surface area contributed by atoms with Crippen LogP contribution < -0.4 is 0 Å². The number of hydrogen-bond donors (Lipinski definition) is 1. The summed E-state index contributed by atoms with van der Waals surface area (Å²) in [6, 6.07) is 0. The van der Waals surface area contributed by atoms with E-state index in [9.17, 15) is 26.7 Å². The first-order valence-corrected chi connectivity index (χ1v) is 7.37. The van der Waals surface area contributed by atoms with Gasteiger partial charge in [-0.25, -0.2) is 0 Å². The topological polar surface area (TPSA) is 91.3 Å². The average molecular weight is 336 g/mol. The van der Waals surface area contributed by atoms with Crippen LogP contribution in [0.1, 0.15) is 20.8 Å². The van der Waals surface area contributed by atoms with E-state index >= 15 is 0 Å². The minimum atomic E-state index is -5.74. The van der Waals surface area contributed by atoms with Crippen LogP contribution in [-0.4, -0.2) is 55.5 Å². The molecule has 124 valence electrons. The predicted molar refractivity (Wildman–Crippen MR) is 60.2 cm³/mol. The molecular weight excluding hydrogens is 321 g/mol. The number of aliphatic hydroxyl groups is 1. The molecule has 2 aliphatic rings. The molecule has 2 rings (SSSR count). The number of alkyl halides is 3. The van der Waals surface area contributed by atoms with E-state index < -0.39 is 52.1 Å². The van der Waals surface area contributed by atoms with Crippen LogP contribution in [0.4, 0.5) is 13.2 Å². The van der Waals surface area contributed by atoms with Gasteiger partial charge < -0.3 is 19.3 Å². The Labute approximate surface area is 119 Å². The van der Waals surface area contributed by atoms with Gasteiger partial charge in [0, 0.05) is 0 Å². The Kier molecular flexibility index (Phi) is 3.84. The van der Waals surface area contributed by atoms with Gasteiger partial charge in [-0.15, -0.1) is 0 Å². The summed E-state index contributed by atoms with van der Waals surface area (Å²) in [7, 11) is -5.74. The van der Waals surface area contributed by atoms with Gasteiger partial charge in [0.25, 0.3) is 0 Å². The molecule has 7 nitrogen and oxygen atoms in total. The highest BCUT2D eigenvalue weighted by Crippen LogP contribution is 2.43. The SMILES string of the molecule is CC1(C)O[C@H]2[C@@H](O1)[C@](C)(O)O[C@@H]2COS(=O)(=O)C(F)(F)F. The highest BCUT2D eigenvalue weighted by molar-refractivity contribution is 7.87. The van der Waals surface area contributed by atoms with E-state index in [0.717, 1.165) is 0 Å². The van der Waals surface area contributed by atoms with Gasteiger partial charge in [0.15, 0.2) is 11.6 Å². The van der Waals surface area contributed by atoms with Crippen LogP contribution in [0.2, 0.25) is 0 Å². The largest absolute Gasteiger partial charge is 0.523 e. The standard InChI is InChI=1S/C10H15F3O7S/c1-8(2)19-6-5(18-9(3,14)7(6)20-8)4-17-21(15,16)10(11,12)13/h5-7,14H,4H2,1-3H3/t5-,6-,7-,9-/m1/s1. The quantitative estimate of drug-likeness (QED) is 0.592. The van der Waals surface area contributed by atoms with E-state index in [1.54, 1.807) is 13.8 Å². The van der Waals surface area contributed by atoms with Gasteiger partial charge in [-0.3, -0.25) is 4.18 Å². The lowest BCUT2D eigenvalue weighted by Crippen LogP contribution is -2.40. The van der Waals surface area contributed by atoms with Crippen LogP contribution in [0.25, 0.3) is 0 Å². The molecule has 0 saturated carbocycles. The molecule has 1 N–H and O–H groups in total. The van der Waals surface area contributed by atoms with Crippen LogP contribution in [0.15, 0.2) is 0 Å². The Morgan fingerprint density at radius 1 is 1.19 bits per heavy atom. The number of rotatable bonds is 3. The van der Waals surface area contributed by atoms with E-state index in [0.29, 0.717) is 0 Å². The molecule has 0 amide bonds. The molecule has 0 aliphatic carbocycles. The van der Waals surface area contributed by atoms with Crippen LogP contribution >= 0.6 is 0 Å². The molecule has 2 aliphatic heterocycles. The second kappa shape index (κ2) is 4.77. The van der Waals surface area contributed by atoms with Crippen molar-refractivity contribution in [2.24, 2.45) is 0 Å². The summed E-state index contributed by atoms with van der Waals surface area (Å²) in [5.41, 5.74) is -5.53. The zero-order valence-corrected chi connectivity index (χ0v) is 12.2. The maximum absolute atomic E-state index is 12.2. The van der Waals surface area contributed by atoms with Crippen molar-refractivity contribution < 1.29 is 45.1 Å². The molecule has 0 aromatic rings. The van der Waals surface area contributed by atoms with Gasteiger partial charge in [0.05, 0.1) is 6.61 Å². The smallest absolute Gasteiger partial charge is 0.364 e. The van der Waals surface area contributed by atoms with Crippen LogP contribution in [-0.2, 0) is 28.5 Å². The monoisotopic (exact) mass is 336 g/mol. The number of fused-ring (bicyclic) bond motifs is 1. The van der Waals surface area contributed by atoms with Crippen LogP contribution in [0.5, 0.6) is 0 Å². The fourth-order valence-electron chi connectivity index (χ4n) is 2.27. The van der Waals surface area contributed by atoms with Crippen molar-refractivity contribution in [3.63, 3.8) is 0 Å². The van der Waals surface area contributed by atoms with E-state index in [-0.39, 0.29) is 0 Å². The Morgan fingerprint density at radius 2 is 1.76 bits per heavy atom. The van der Waals surface area contributed by atoms with Crippen LogP contribution in [0.3, 0.4) is 0 Å². The highest BCUT2D eigenvalue weighted by atomic mass is 32.2. The molecule has 0 bridgehead atoms. The molecule has 2 saturated heterocycles. The summed E-state index contributed by atoms with van der Waals surface area (Å²) in [6.45, 7) is 3.39. The molecule has 0 aromatic heterocycles. The van der Waals surface area contributed by atoms with E-state index in [2.05, 4.69) is 4.18 Å². The van der Waals surface area contributed by atoms with E-state index in [1.807, 2.05) is 0 Å². The summed E-state index contributed by atoms with van der Waals surface area (Å²) in [5.74, 6) is -2.90. The van der Waals surface area contributed by atoms with Crippen molar-refractivity contribution >= 4 is 10.1 Å². The zero-order valence-electron chi connectivity index (χ0n) is 11.4. The van der Waals surface area contributed by atoms with Gasteiger partial charge in [-0.1, -0.05) is 0 Å². The molecule has 2 fully saturated rings. The lowest BCUT2D eigenvalue weighted by molar-refractivity contribution is -0.267. The van der Waals surface area contributed by atoms with E-state index in [4.69, 9.17) is 14.2 Å². The molecular formula is C10H15F3O7S. The lowest BCUT2D eigenvalue weighted by Gasteiger charge is -2.27. The normalized spacial score (nSPS) is 39.5. The molecule has 0 unspecified atom stereocenters. The Morgan fingerprint density at radius 3 is 2.29 bits per heavy atom. The Hall–Kier alpha value is -0.460. The first kappa shape index (κ1) is 16.9. The van der Waals surface area contributed by atoms with Gasteiger partial charge in [-0.2, -0.15) is 21.6 Å². The van der Waals surface area contributed by atoms with Crippen molar-refractivity contribution in [2.75, 3.05) is 6.61 Å². The Bertz CT molecular complexity index is 513. The van der Waals surface area contributed by atoms with Gasteiger partial charge in [-0.05, 0) is 20.8 Å². The van der Waals surface area contributed by atoms with Crippen LogP contribution in [0, 0.1) is 0 Å². The number of ether oxygens (including phenoxy) is 3. The molecule has 21 heavy (non-hydrogen) atoms. The Balaban J connectivity index is 2.09. The van der Waals surface area contributed by atoms with E-state index in [1.165, 1.54) is 6.92 Å². The highest BCUT2D eigenvalue weighted by Gasteiger charge is 2.61. The first-order chi connectivity index (χ1) is 9.25. The van der Waals surface area contributed by atoms with Gasteiger partial charge >= 0.3 is 15.6 Å². The number of halogens is 3. The van der Waals surface area contributed by atoms with Crippen molar-refractivity contribution in [1.29, 1.82) is 0 Å². The minimum Gasteiger partial charge on any atom is -0.364 e. The second-order valence-electron chi connectivity index (χ2n) is 5.42. The molecule has 11 heteroatoms. The third kappa shape index (κ3) is 3.17. The summed E-state index contributed by atoms with van der Waals surface area (Å²) in [5, 5.41) is 10.0. The van der Waals surface area contributed by atoms with Gasteiger partial charge in [0.2, 0.25) is 0 Å². The lowest BCUT2D eigenvalue weighted by atomic mass is 10.1. The van der Waals surface area contributed by atoms with Crippen molar-refractivity contribution in [3.8, 4) is 0 Å². The maximum atomic E-state index is 12.2. The minimum absolute atomic E-state index is 0.946. The maximum Gasteiger partial charge on any atom is 0.523 e. The van der Waals surface area contributed by atoms with Crippen molar-refractivity contribution in [3.05, 3.63) is 0 Å². The molecule has 2 heterocycles. The second-order valence-corrected chi connectivity index (χ2v) is 7.02. The third-order valence-electron chi connectivity index (χ3n) is 3.08. The predicted octanol–water partition coefficient (Wildman–Crippen LogP) is 0.480. The fraction of sp³-hybridized carbons (Fsp3) is 1.00. The first-order valence-electron chi connectivity index (χ1n) is 5.97. The summed E-state index contributed by atoms with van der Waals surface area (Å²) in [4.78, 5) is 0. The molecule has 0 aromatic carbocycles. The summed E-state index contributed by atoms with van der Waals surface area (Å²) in [6.07, 6.45) is -3.13. The summed E-state index contributed by atoms with van der Waals surface area (Å²) >= 11 is 0. The average Bonchev–Trinajstić information content (AvgIpc) is 2.69. The third-order valence-corrected chi connectivity index (χ3v) is 4.10. The molecule has 0 spiro atoms. The molecule has 4 atom stereocenters.